The van der Waals surface area contributed by atoms with Crippen LogP contribution < -0.4 is 0 Å². The van der Waals surface area contributed by atoms with Gasteiger partial charge in [-0.2, -0.15) is 0 Å². The average Bonchev–Trinajstić information content (AvgIpc) is 3.42. The fourth-order valence-electron chi connectivity index (χ4n) is 6.84. The van der Waals surface area contributed by atoms with Gasteiger partial charge in [0.15, 0.2) is 0 Å². The lowest BCUT2D eigenvalue weighted by Crippen LogP contribution is -1.95. The lowest BCUT2D eigenvalue weighted by Gasteiger charge is -2.17. The number of para-hydroxylation sites is 1. The van der Waals surface area contributed by atoms with Crippen molar-refractivity contribution in [1.29, 1.82) is 0 Å². The maximum Gasteiger partial charge on any atom is 0.135 e. The second kappa shape index (κ2) is 9.49. The molecular weight excluding hydrogens is 510 g/mol. The van der Waals surface area contributed by atoms with E-state index in [1.54, 1.807) is 0 Å². The van der Waals surface area contributed by atoms with Gasteiger partial charge in [-0.05, 0) is 109 Å². The van der Waals surface area contributed by atoms with Gasteiger partial charge < -0.3 is 8.98 Å². The summed E-state index contributed by atoms with van der Waals surface area (Å²) in [6.07, 6.45) is 9.56. The number of hydrogen-bond donors (Lipinski definition) is 0. The standard InChI is InChI=1S/C40H31NO/c1-25-11-7-8-12-30(25)40-26(2)17-20-31(27(40)3)28-18-21-37-34(23-28)32-13-9-10-15-36(32)41(37)29-19-22-39-35(24-29)33-14-5-4-6-16-38(33)42-39/h5-24H,4H2,1-3H3. The predicted molar refractivity (Wildman–Crippen MR) is 178 cm³/mol. The van der Waals surface area contributed by atoms with Gasteiger partial charge in [0, 0.05) is 27.4 Å². The molecule has 2 nitrogen and oxygen atoms in total. The topological polar surface area (TPSA) is 18.1 Å². The first kappa shape index (κ1) is 24.7. The molecular formula is C40H31NO. The van der Waals surface area contributed by atoms with Gasteiger partial charge in [-0.3, -0.25) is 0 Å². The van der Waals surface area contributed by atoms with Crippen LogP contribution in [0.2, 0.25) is 0 Å². The van der Waals surface area contributed by atoms with E-state index >= 15 is 0 Å². The summed E-state index contributed by atoms with van der Waals surface area (Å²) in [6, 6.07) is 35.5. The number of aryl methyl sites for hydroxylation is 2. The van der Waals surface area contributed by atoms with Crippen molar-refractivity contribution >= 4 is 44.9 Å². The Hall–Kier alpha value is -5.08. The second-order valence-electron chi connectivity index (χ2n) is 11.4. The van der Waals surface area contributed by atoms with Crippen molar-refractivity contribution in [3.8, 4) is 27.9 Å². The Bertz CT molecular complexity index is 2250. The molecule has 202 valence electrons. The zero-order valence-corrected chi connectivity index (χ0v) is 24.1. The van der Waals surface area contributed by atoms with E-state index in [1.807, 2.05) is 0 Å². The fourth-order valence-corrected chi connectivity index (χ4v) is 6.84. The van der Waals surface area contributed by atoms with Crippen LogP contribution in [0, 0.1) is 20.8 Å². The number of benzene rings is 5. The van der Waals surface area contributed by atoms with Crippen LogP contribution in [-0.4, -0.2) is 4.57 Å². The smallest absolute Gasteiger partial charge is 0.135 e. The first-order valence-electron chi connectivity index (χ1n) is 14.7. The van der Waals surface area contributed by atoms with Crippen molar-refractivity contribution in [1.82, 2.24) is 4.57 Å². The minimum atomic E-state index is 0.919. The van der Waals surface area contributed by atoms with Crippen molar-refractivity contribution < 1.29 is 4.42 Å². The molecule has 0 N–H and O–H groups in total. The minimum Gasteiger partial charge on any atom is -0.456 e. The predicted octanol–water partition coefficient (Wildman–Crippen LogP) is 11.2. The van der Waals surface area contributed by atoms with Gasteiger partial charge in [0.2, 0.25) is 0 Å². The molecule has 2 heterocycles. The van der Waals surface area contributed by atoms with E-state index in [2.05, 4.69) is 147 Å². The molecule has 8 rings (SSSR count). The van der Waals surface area contributed by atoms with Gasteiger partial charge in [0.25, 0.3) is 0 Å². The zero-order valence-electron chi connectivity index (χ0n) is 24.1. The van der Waals surface area contributed by atoms with Crippen molar-refractivity contribution in [2.75, 3.05) is 0 Å². The largest absolute Gasteiger partial charge is 0.456 e. The van der Waals surface area contributed by atoms with E-state index in [4.69, 9.17) is 4.42 Å². The molecule has 0 aliphatic heterocycles. The second-order valence-corrected chi connectivity index (χ2v) is 11.4. The average molecular weight is 542 g/mol. The number of nitrogens with zero attached hydrogens (tertiary/aromatic N) is 1. The molecule has 0 unspecified atom stereocenters. The Kier molecular flexibility index (Phi) is 5.58. The highest BCUT2D eigenvalue weighted by Crippen LogP contribution is 2.40. The molecule has 2 heteroatoms. The first-order chi connectivity index (χ1) is 20.6. The Balaban J connectivity index is 1.34. The molecule has 0 saturated heterocycles. The third kappa shape index (κ3) is 3.72. The van der Waals surface area contributed by atoms with Gasteiger partial charge in [0.1, 0.15) is 11.3 Å². The molecule has 0 fully saturated rings. The number of fused-ring (bicyclic) bond motifs is 6. The Morgan fingerprint density at radius 3 is 2.33 bits per heavy atom. The Labute approximate surface area is 245 Å². The van der Waals surface area contributed by atoms with Gasteiger partial charge in [-0.15, -0.1) is 0 Å². The summed E-state index contributed by atoms with van der Waals surface area (Å²) in [4.78, 5) is 0. The molecule has 0 saturated carbocycles. The molecule has 1 aliphatic carbocycles. The highest BCUT2D eigenvalue weighted by atomic mass is 16.3. The molecule has 5 aromatic carbocycles. The van der Waals surface area contributed by atoms with Crippen LogP contribution in [0.15, 0.2) is 114 Å². The summed E-state index contributed by atoms with van der Waals surface area (Å²) < 4.78 is 8.60. The van der Waals surface area contributed by atoms with Crippen molar-refractivity contribution in [2.24, 2.45) is 0 Å². The highest BCUT2D eigenvalue weighted by molar-refractivity contribution is 6.11. The maximum atomic E-state index is 6.20. The van der Waals surface area contributed by atoms with E-state index in [9.17, 15) is 0 Å². The quantitative estimate of drug-likeness (QED) is 0.218. The molecule has 0 spiro atoms. The first-order valence-corrected chi connectivity index (χ1v) is 14.7. The normalized spacial score (nSPS) is 12.8. The SMILES string of the molecule is Cc1ccccc1-c1c(C)ccc(-c2ccc3c(c2)c2ccccc2n3-c2ccc3oc4c(c3c2)C=CCC=C4)c1C. The minimum absolute atomic E-state index is 0.919. The summed E-state index contributed by atoms with van der Waals surface area (Å²) in [5.41, 5.74) is 14.7. The van der Waals surface area contributed by atoms with Crippen LogP contribution in [0.1, 0.15) is 34.4 Å². The van der Waals surface area contributed by atoms with E-state index in [1.165, 1.54) is 60.8 Å². The monoisotopic (exact) mass is 541 g/mol. The number of hydrogen-bond acceptors (Lipinski definition) is 1. The highest BCUT2D eigenvalue weighted by Gasteiger charge is 2.18. The van der Waals surface area contributed by atoms with Gasteiger partial charge >= 0.3 is 0 Å². The van der Waals surface area contributed by atoms with E-state index < -0.39 is 0 Å². The van der Waals surface area contributed by atoms with Crippen molar-refractivity contribution in [3.63, 3.8) is 0 Å². The molecule has 0 atom stereocenters. The van der Waals surface area contributed by atoms with Crippen LogP contribution in [0.5, 0.6) is 0 Å². The van der Waals surface area contributed by atoms with E-state index in [0.717, 1.165) is 34.4 Å². The van der Waals surface area contributed by atoms with Gasteiger partial charge in [-0.25, -0.2) is 0 Å². The van der Waals surface area contributed by atoms with E-state index in [-0.39, 0.29) is 0 Å². The Morgan fingerprint density at radius 1 is 0.619 bits per heavy atom. The number of allylic oxidation sites excluding steroid dienone is 2. The van der Waals surface area contributed by atoms with Crippen LogP contribution in [-0.2, 0) is 0 Å². The summed E-state index contributed by atoms with van der Waals surface area (Å²) in [6.45, 7) is 6.69. The van der Waals surface area contributed by atoms with E-state index in [0.29, 0.717) is 0 Å². The third-order valence-corrected chi connectivity index (χ3v) is 8.89. The van der Waals surface area contributed by atoms with Crippen LogP contribution in [0.3, 0.4) is 0 Å². The molecule has 0 amide bonds. The van der Waals surface area contributed by atoms with Crippen LogP contribution in [0.25, 0.3) is 72.9 Å². The summed E-state index contributed by atoms with van der Waals surface area (Å²) in [5.74, 6) is 0.932. The molecule has 0 radical (unpaired) electrons. The molecule has 2 aromatic heterocycles. The van der Waals surface area contributed by atoms with Gasteiger partial charge in [-0.1, -0.05) is 78.9 Å². The number of rotatable bonds is 3. The Morgan fingerprint density at radius 2 is 1.43 bits per heavy atom. The molecule has 7 aromatic rings. The van der Waals surface area contributed by atoms with Gasteiger partial charge in [0.05, 0.1) is 11.0 Å². The summed E-state index contributed by atoms with van der Waals surface area (Å²) in [7, 11) is 0. The lowest BCUT2D eigenvalue weighted by atomic mass is 9.87. The lowest BCUT2D eigenvalue weighted by molar-refractivity contribution is 0.603. The van der Waals surface area contributed by atoms with Crippen LogP contribution in [0.4, 0.5) is 0 Å². The number of aromatic nitrogens is 1. The molecule has 1 aliphatic rings. The fraction of sp³-hybridized carbons (Fsp3) is 0.100. The van der Waals surface area contributed by atoms with Crippen molar-refractivity contribution in [2.45, 2.75) is 27.2 Å². The molecule has 42 heavy (non-hydrogen) atoms. The van der Waals surface area contributed by atoms with Crippen molar-refractivity contribution in [3.05, 3.63) is 137 Å². The van der Waals surface area contributed by atoms with Crippen LogP contribution >= 0.6 is 0 Å². The third-order valence-electron chi connectivity index (χ3n) is 8.89. The summed E-state index contributed by atoms with van der Waals surface area (Å²) >= 11 is 0. The number of furan rings is 1. The summed E-state index contributed by atoms with van der Waals surface area (Å²) in [5, 5.41) is 3.66. The zero-order chi connectivity index (χ0) is 28.4. The maximum absolute atomic E-state index is 6.20. The molecule has 0 bridgehead atoms.